The second kappa shape index (κ2) is 7.82. The van der Waals surface area contributed by atoms with Gasteiger partial charge in [0.2, 0.25) is 0 Å². The smallest absolute Gasteiger partial charge is 0.262 e. The molecule has 0 saturated heterocycles. The van der Waals surface area contributed by atoms with Crippen molar-refractivity contribution < 1.29 is 9.53 Å². The van der Waals surface area contributed by atoms with Crippen molar-refractivity contribution in [2.45, 2.75) is 6.92 Å². The summed E-state index contributed by atoms with van der Waals surface area (Å²) < 4.78 is 5.35. The number of carbonyl (C=O) groups is 1. The predicted molar refractivity (Wildman–Crippen MR) is 96.8 cm³/mol. The van der Waals surface area contributed by atoms with E-state index < -0.39 is 0 Å². The first-order valence-electron chi connectivity index (χ1n) is 6.32. The molecule has 0 heterocycles. The topological polar surface area (TPSA) is 38.3 Å². The van der Waals surface area contributed by atoms with Crippen molar-refractivity contribution in [3.8, 4) is 5.75 Å². The summed E-state index contributed by atoms with van der Waals surface area (Å²) in [5.41, 5.74) is 1.68. The third-order valence-corrected chi connectivity index (χ3v) is 5.06. The summed E-state index contributed by atoms with van der Waals surface area (Å²) in [6.45, 7) is 1.60. The van der Waals surface area contributed by atoms with Crippen LogP contribution in [0.15, 0.2) is 24.3 Å². The monoisotopic (exact) mass is 411 g/mol. The van der Waals surface area contributed by atoms with E-state index in [1.165, 1.54) is 0 Å². The Hall–Kier alpha value is -0.840. The maximum atomic E-state index is 11.9. The van der Waals surface area contributed by atoms with Crippen molar-refractivity contribution in [1.82, 2.24) is 0 Å². The normalized spacial score (nSPS) is 10.5. The summed E-state index contributed by atoms with van der Waals surface area (Å²) in [4.78, 5) is 11.9. The number of rotatable bonds is 4. The fourth-order valence-corrected chi connectivity index (χ4v) is 3.00. The van der Waals surface area contributed by atoms with Gasteiger partial charge in [0.05, 0.1) is 15.1 Å². The Morgan fingerprint density at radius 2 is 1.57 bits per heavy atom. The molecule has 0 bridgehead atoms. The molecule has 1 N–H and O–H groups in total. The molecule has 0 fully saturated rings. The molecule has 2 aromatic rings. The molecule has 0 aliphatic rings. The molecule has 0 aromatic heterocycles. The van der Waals surface area contributed by atoms with Crippen LogP contribution in [0, 0.1) is 6.92 Å². The van der Waals surface area contributed by atoms with Crippen LogP contribution in [0.25, 0.3) is 0 Å². The van der Waals surface area contributed by atoms with Crippen LogP contribution in [-0.2, 0) is 4.79 Å². The lowest BCUT2D eigenvalue weighted by Gasteiger charge is -2.13. The first-order valence-corrected chi connectivity index (χ1v) is 8.21. The van der Waals surface area contributed by atoms with Gasteiger partial charge in [0.1, 0.15) is 10.0 Å². The molecule has 0 saturated carbocycles. The molecule has 0 unspecified atom stereocenters. The second-order valence-electron chi connectivity index (χ2n) is 4.61. The zero-order valence-corrected chi connectivity index (χ0v) is 15.5. The van der Waals surface area contributed by atoms with E-state index in [4.69, 9.17) is 62.7 Å². The van der Waals surface area contributed by atoms with Crippen molar-refractivity contribution in [3.05, 3.63) is 54.9 Å². The van der Waals surface area contributed by atoms with Crippen molar-refractivity contribution in [2.24, 2.45) is 0 Å². The third kappa shape index (κ3) is 4.37. The van der Waals surface area contributed by atoms with Crippen molar-refractivity contribution in [3.63, 3.8) is 0 Å². The number of carbonyl (C=O) groups excluding carboxylic acids is 1. The fourth-order valence-electron chi connectivity index (χ4n) is 1.77. The van der Waals surface area contributed by atoms with Gasteiger partial charge < -0.3 is 10.1 Å². The SMILES string of the molecule is Cc1cccc(NC(=O)COc2c(Cl)c(Cl)c(Cl)c(Cl)c2Cl)c1. The standard InChI is InChI=1S/C15H10Cl5NO2/c1-7-3-2-4-8(5-7)21-9(22)6-23-15-13(19)11(17)10(16)12(18)14(15)20/h2-5H,6H2,1H3,(H,21,22). The molecule has 2 rings (SSSR count). The quantitative estimate of drug-likeness (QED) is 0.473. The number of aryl methyl sites for hydroxylation is 1. The minimum absolute atomic E-state index is 0.00516. The Morgan fingerprint density at radius 1 is 1.00 bits per heavy atom. The Kier molecular flexibility index (Phi) is 6.29. The second-order valence-corrected chi connectivity index (χ2v) is 6.50. The van der Waals surface area contributed by atoms with E-state index in [2.05, 4.69) is 5.32 Å². The number of nitrogens with one attached hydrogen (secondary N) is 1. The van der Waals surface area contributed by atoms with E-state index in [0.29, 0.717) is 5.69 Å². The number of anilines is 1. The highest BCUT2D eigenvalue weighted by molar-refractivity contribution is 6.55. The fraction of sp³-hybridized carbons (Fsp3) is 0.133. The molecule has 3 nitrogen and oxygen atoms in total. The van der Waals surface area contributed by atoms with Gasteiger partial charge in [-0.15, -0.1) is 0 Å². The molecule has 0 radical (unpaired) electrons. The third-order valence-electron chi connectivity index (χ3n) is 2.82. The highest BCUT2D eigenvalue weighted by atomic mass is 35.5. The molecular formula is C15H10Cl5NO2. The average molecular weight is 414 g/mol. The van der Waals surface area contributed by atoms with Gasteiger partial charge in [-0.2, -0.15) is 0 Å². The summed E-state index contributed by atoms with van der Waals surface area (Å²) >= 11 is 29.8. The molecule has 8 heteroatoms. The van der Waals surface area contributed by atoms with Crippen LogP contribution in [0.1, 0.15) is 5.56 Å². The Labute approximate surface area is 158 Å². The van der Waals surface area contributed by atoms with Crippen LogP contribution in [0.4, 0.5) is 5.69 Å². The summed E-state index contributed by atoms with van der Waals surface area (Å²) in [6, 6.07) is 7.34. The van der Waals surface area contributed by atoms with Gasteiger partial charge in [-0.05, 0) is 24.6 Å². The molecule has 2 aromatic carbocycles. The summed E-state index contributed by atoms with van der Waals surface area (Å²) in [5.74, 6) is -0.378. The van der Waals surface area contributed by atoms with E-state index >= 15 is 0 Å². The van der Waals surface area contributed by atoms with Gasteiger partial charge in [-0.3, -0.25) is 4.79 Å². The van der Waals surface area contributed by atoms with E-state index in [0.717, 1.165) is 5.56 Å². The molecular weight excluding hydrogens is 403 g/mol. The lowest BCUT2D eigenvalue weighted by Crippen LogP contribution is -2.20. The number of amides is 1. The number of hydrogen-bond donors (Lipinski definition) is 1. The number of halogens is 5. The number of hydrogen-bond acceptors (Lipinski definition) is 2. The van der Waals surface area contributed by atoms with Gasteiger partial charge in [0.15, 0.2) is 12.4 Å². The number of benzene rings is 2. The van der Waals surface area contributed by atoms with E-state index in [9.17, 15) is 4.79 Å². The van der Waals surface area contributed by atoms with Gasteiger partial charge >= 0.3 is 0 Å². The minimum atomic E-state index is -0.384. The minimum Gasteiger partial charge on any atom is -0.481 e. The van der Waals surface area contributed by atoms with Gasteiger partial charge in [-0.1, -0.05) is 70.1 Å². The van der Waals surface area contributed by atoms with Crippen LogP contribution in [0.5, 0.6) is 5.75 Å². The van der Waals surface area contributed by atoms with E-state index in [1.807, 2.05) is 25.1 Å². The maximum absolute atomic E-state index is 11.9. The highest BCUT2D eigenvalue weighted by Crippen LogP contribution is 2.48. The van der Waals surface area contributed by atoms with E-state index in [1.54, 1.807) is 6.07 Å². The van der Waals surface area contributed by atoms with Crippen LogP contribution < -0.4 is 10.1 Å². The molecule has 0 aliphatic carbocycles. The van der Waals surface area contributed by atoms with Gasteiger partial charge in [0, 0.05) is 5.69 Å². The molecule has 0 spiro atoms. The zero-order chi connectivity index (χ0) is 17.1. The first-order chi connectivity index (χ1) is 10.8. The van der Waals surface area contributed by atoms with Gasteiger partial charge in [-0.25, -0.2) is 0 Å². The maximum Gasteiger partial charge on any atom is 0.262 e. The lowest BCUT2D eigenvalue weighted by atomic mass is 10.2. The Bertz CT molecular complexity index is 735. The van der Waals surface area contributed by atoms with Crippen molar-refractivity contribution in [1.29, 1.82) is 0 Å². The lowest BCUT2D eigenvalue weighted by molar-refractivity contribution is -0.118. The van der Waals surface area contributed by atoms with Crippen molar-refractivity contribution >= 4 is 69.6 Å². The van der Waals surface area contributed by atoms with Crippen LogP contribution in [0.3, 0.4) is 0 Å². The first kappa shape index (κ1) is 18.5. The molecule has 23 heavy (non-hydrogen) atoms. The zero-order valence-electron chi connectivity index (χ0n) is 11.7. The van der Waals surface area contributed by atoms with Crippen LogP contribution in [0.2, 0.25) is 25.1 Å². The molecule has 1 amide bonds. The summed E-state index contributed by atoms with van der Waals surface area (Å²) in [7, 11) is 0. The number of ether oxygens (including phenoxy) is 1. The van der Waals surface area contributed by atoms with Crippen LogP contribution >= 0.6 is 58.0 Å². The largest absolute Gasteiger partial charge is 0.481 e. The summed E-state index contributed by atoms with van der Waals surface area (Å²) in [6.07, 6.45) is 0. The highest BCUT2D eigenvalue weighted by Gasteiger charge is 2.21. The van der Waals surface area contributed by atoms with Crippen LogP contribution in [-0.4, -0.2) is 12.5 Å². The van der Waals surface area contributed by atoms with Crippen molar-refractivity contribution in [2.75, 3.05) is 11.9 Å². The molecule has 0 aliphatic heterocycles. The van der Waals surface area contributed by atoms with Gasteiger partial charge in [0.25, 0.3) is 5.91 Å². The summed E-state index contributed by atoms with van der Waals surface area (Å²) in [5, 5.41) is 2.73. The average Bonchev–Trinajstić information content (AvgIpc) is 2.51. The molecule has 0 atom stereocenters. The molecule has 122 valence electrons. The van der Waals surface area contributed by atoms with E-state index in [-0.39, 0.29) is 43.4 Å². The predicted octanol–water partition coefficient (Wildman–Crippen LogP) is 6.28. The Morgan fingerprint density at radius 3 is 2.13 bits per heavy atom. The Balaban J connectivity index is 2.11.